The minimum Gasteiger partial charge on any atom is -0.495 e. The van der Waals surface area contributed by atoms with Crippen LogP contribution < -0.4 is 9.64 Å². The number of carbonyl (C=O) groups is 2. The number of hydrogen-bond acceptors (Lipinski definition) is 5. The van der Waals surface area contributed by atoms with Crippen molar-refractivity contribution in [3.05, 3.63) is 36.4 Å². The number of esters is 1. The zero-order chi connectivity index (χ0) is 17.6. The minimum absolute atomic E-state index is 0.116. The highest BCUT2D eigenvalue weighted by molar-refractivity contribution is 6.03. The van der Waals surface area contributed by atoms with Crippen LogP contribution >= 0.6 is 0 Å². The van der Waals surface area contributed by atoms with Gasteiger partial charge >= 0.3 is 5.97 Å². The van der Waals surface area contributed by atoms with Gasteiger partial charge in [0.1, 0.15) is 17.3 Å². The molecule has 3 aliphatic heterocycles. The number of para-hydroxylation sites is 2. The molecule has 6 heteroatoms. The Morgan fingerprint density at radius 2 is 2.20 bits per heavy atom. The molecule has 2 bridgehead atoms. The van der Waals surface area contributed by atoms with E-state index in [0.717, 1.165) is 6.42 Å². The number of ether oxygens (including phenoxy) is 3. The average Bonchev–Trinajstić information content (AvgIpc) is 3.28. The molecular formula is C19H21NO5. The second-order valence-corrected chi connectivity index (χ2v) is 6.66. The molecule has 132 valence electrons. The number of benzene rings is 1. The van der Waals surface area contributed by atoms with Crippen LogP contribution in [0.3, 0.4) is 0 Å². The molecule has 4 rings (SSSR count). The number of hydrogen-bond donors (Lipinski definition) is 0. The lowest BCUT2D eigenvalue weighted by Crippen LogP contribution is -2.40. The Morgan fingerprint density at radius 3 is 2.96 bits per heavy atom. The summed E-state index contributed by atoms with van der Waals surface area (Å²) in [6.45, 7) is 2.67. The van der Waals surface area contributed by atoms with Gasteiger partial charge in [-0.2, -0.15) is 0 Å². The van der Waals surface area contributed by atoms with Gasteiger partial charge in [0, 0.05) is 0 Å². The monoisotopic (exact) mass is 343 g/mol. The molecule has 25 heavy (non-hydrogen) atoms. The Labute approximate surface area is 146 Å². The molecule has 1 spiro atoms. The summed E-state index contributed by atoms with van der Waals surface area (Å²) in [5.41, 5.74) is -0.0571. The first-order valence-corrected chi connectivity index (χ1v) is 8.59. The first-order chi connectivity index (χ1) is 12.1. The molecule has 3 aliphatic rings. The average molecular weight is 343 g/mol. The highest BCUT2D eigenvalue weighted by Gasteiger charge is 2.67. The largest absolute Gasteiger partial charge is 0.495 e. The van der Waals surface area contributed by atoms with E-state index < -0.39 is 17.4 Å². The van der Waals surface area contributed by atoms with Crippen molar-refractivity contribution in [2.24, 2.45) is 11.8 Å². The van der Waals surface area contributed by atoms with Crippen molar-refractivity contribution in [1.29, 1.82) is 0 Å². The summed E-state index contributed by atoms with van der Waals surface area (Å²) in [6, 6.07) is 7.37. The molecule has 2 saturated heterocycles. The smallest absolute Gasteiger partial charge is 0.312 e. The Kier molecular flexibility index (Phi) is 3.80. The molecule has 0 saturated carbocycles. The number of rotatable bonds is 5. The lowest BCUT2D eigenvalue weighted by molar-refractivity contribution is -0.152. The zero-order valence-electron chi connectivity index (χ0n) is 14.3. The van der Waals surface area contributed by atoms with Gasteiger partial charge in [-0.25, -0.2) is 0 Å². The van der Waals surface area contributed by atoms with E-state index in [0.29, 0.717) is 24.6 Å². The molecule has 1 aromatic rings. The van der Waals surface area contributed by atoms with Gasteiger partial charge in [-0.15, -0.1) is 0 Å². The van der Waals surface area contributed by atoms with Crippen molar-refractivity contribution < 1.29 is 23.8 Å². The van der Waals surface area contributed by atoms with Crippen molar-refractivity contribution in [2.75, 3.05) is 25.2 Å². The fourth-order valence-electron chi connectivity index (χ4n) is 4.12. The van der Waals surface area contributed by atoms with Gasteiger partial charge < -0.3 is 19.1 Å². The van der Waals surface area contributed by atoms with E-state index in [1.54, 1.807) is 12.0 Å². The second kappa shape index (κ2) is 5.88. The SMILES string of the molecule is CCCOC(=O)[C@H]1[C@H]2C=C[C@@]3(CN(c4ccccc4OC)C(=O)[C@@H]13)O2. The van der Waals surface area contributed by atoms with Crippen molar-refractivity contribution in [2.45, 2.75) is 25.0 Å². The van der Waals surface area contributed by atoms with Gasteiger partial charge in [-0.3, -0.25) is 9.59 Å². The van der Waals surface area contributed by atoms with E-state index in [4.69, 9.17) is 14.2 Å². The lowest BCUT2D eigenvalue weighted by Gasteiger charge is -2.23. The number of carbonyl (C=O) groups excluding carboxylic acids is 2. The Bertz CT molecular complexity index is 745. The third-order valence-electron chi connectivity index (χ3n) is 5.20. The van der Waals surface area contributed by atoms with Gasteiger partial charge in [0.2, 0.25) is 5.91 Å². The molecule has 6 nitrogen and oxygen atoms in total. The van der Waals surface area contributed by atoms with Crippen molar-refractivity contribution in [1.82, 2.24) is 0 Å². The Morgan fingerprint density at radius 1 is 1.40 bits per heavy atom. The molecule has 1 amide bonds. The predicted molar refractivity (Wildman–Crippen MR) is 90.3 cm³/mol. The third kappa shape index (κ3) is 2.28. The first-order valence-electron chi connectivity index (χ1n) is 8.59. The van der Waals surface area contributed by atoms with E-state index in [1.165, 1.54) is 0 Å². The van der Waals surface area contributed by atoms with Gasteiger partial charge in [0.05, 0.1) is 38.0 Å². The van der Waals surface area contributed by atoms with Crippen LogP contribution in [0.15, 0.2) is 36.4 Å². The topological polar surface area (TPSA) is 65.1 Å². The molecule has 0 radical (unpaired) electrons. The quantitative estimate of drug-likeness (QED) is 0.604. The van der Waals surface area contributed by atoms with Gasteiger partial charge in [0.15, 0.2) is 0 Å². The van der Waals surface area contributed by atoms with Crippen molar-refractivity contribution in [3.63, 3.8) is 0 Å². The van der Waals surface area contributed by atoms with Gasteiger partial charge in [-0.1, -0.05) is 31.2 Å². The highest BCUT2D eigenvalue weighted by atomic mass is 16.6. The van der Waals surface area contributed by atoms with Gasteiger partial charge in [0.25, 0.3) is 0 Å². The van der Waals surface area contributed by atoms with Crippen LogP contribution in [0.4, 0.5) is 5.69 Å². The fraction of sp³-hybridized carbons (Fsp3) is 0.474. The number of nitrogens with zero attached hydrogens (tertiary/aromatic N) is 1. The van der Waals surface area contributed by atoms with E-state index >= 15 is 0 Å². The normalized spacial score (nSPS) is 32.2. The molecule has 0 unspecified atom stereocenters. The van der Waals surface area contributed by atoms with Crippen LogP contribution in [-0.4, -0.2) is 43.8 Å². The summed E-state index contributed by atoms with van der Waals surface area (Å²) in [5.74, 6) is -0.968. The fourth-order valence-corrected chi connectivity index (χ4v) is 4.12. The zero-order valence-corrected chi connectivity index (χ0v) is 14.3. The molecule has 0 aromatic heterocycles. The van der Waals surface area contributed by atoms with Crippen molar-refractivity contribution in [3.8, 4) is 5.75 Å². The van der Waals surface area contributed by atoms with Crippen LogP contribution in [0.25, 0.3) is 0 Å². The third-order valence-corrected chi connectivity index (χ3v) is 5.20. The number of amides is 1. The van der Waals surface area contributed by atoms with Crippen LogP contribution in [-0.2, 0) is 19.1 Å². The summed E-state index contributed by atoms with van der Waals surface area (Å²) < 4.78 is 16.8. The number of anilines is 1. The Hall–Kier alpha value is -2.34. The number of fused-ring (bicyclic) bond motifs is 1. The van der Waals surface area contributed by atoms with E-state index in [1.807, 2.05) is 43.3 Å². The molecule has 0 N–H and O–H groups in total. The summed E-state index contributed by atoms with van der Waals surface area (Å²) >= 11 is 0. The summed E-state index contributed by atoms with van der Waals surface area (Å²) in [4.78, 5) is 27.4. The summed E-state index contributed by atoms with van der Waals surface area (Å²) in [5, 5.41) is 0. The standard InChI is InChI=1S/C19H21NO5/c1-3-10-24-18(22)15-14-8-9-19(25-14)11-20(17(21)16(15)19)12-6-4-5-7-13(12)23-2/h4-9,14-16H,3,10-11H2,1-2H3/t14-,15+,16-,19+/m1/s1. The maximum Gasteiger partial charge on any atom is 0.312 e. The second-order valence-electron chi connectivity index (χ2n) is 6.66. The molecule has 3 heterocycles. The summed E-state index contributed by atoms with van der Waals surface area (Å²) in [7, 11) is 1.57. The lowest BCUT2D eigenvalue weighted by atomic mass is 9.77. The molecule has 4 atom stereocenters. The summed E-state index contributed by atoms with van der Waals surface area (Å²) in [6.07, 6.45) is 4.18. The van der Waals surface area contributed by atoms with E-state index in [-0.39, 0.29) is 18.0 Å². The van der Waals surface area contributed by atoms with Crippen LogP contribution in [0, 0.1) is 11.8 Å². The predicted octanol–water partition coefficient (Wildman–Crippen LogP) is 1.93. The highest BCUT2D eigenvalue weighted by Crippen LogP contribution is 2.53. The molecule has 2 fully saturated rings. The van der Waals surface area contributed by atoms with Crippen LogP contribution in [0.5, 0.6) is 5.75 Å². The van der Waals surface area contributed by atoms with Crippen molar-refractivity contribution >= 4 is 17.6 Å². The van der Waals surface area contributed by atoms with E-state index in [2.05, 4.69) is 0 Å². The maximum atomic E-state index is 13.2. The van der Waals surface area contributed by atoms with Gasteiger partial charge in [-0.05, 0) is 18.6 Å². The Balaban J connectivity index is 1.67. The first kappa shape index (κ1) is 16.1. The maximum absolute atomic E-state index is 13.2. The molecule has 0 aliphatic carbocycles. The molecule has 1 aromatic carbocycles. The molecular weight excluding hydrogens is 322 g/mol. The van der Waals surface area contributed by atoms with E-state index in [9.17, 15) is 9.59 Å². The van der Waals surface area contributed by atoms with Crippen LogP contribution in [0.1, 0.15) is 13.3 Å². The number of methoxy groups -OCH3 is 1. The van der Waals surface area contributed by atoms with Crippen LogP contribution in [0.2, 0.25) is 0 Å². The minimum atomic E-state index is -0.751.